The van der Waals surface area contributed by atoms with Crippen LogP contribution in [0, 0.1) is 0 Å². The topological polar surface area (TPSA) is 100 Å². The second kappa shape index (κ2) is 10.8. The highest BCUT2D eigenvalue weighted by atomic mass is 35.5. The molecule has 0 amide bonds. The van der Waals surface area contributed by atoms with E-state index in [1.54, 1.807) is 0 Å². The van der Waals surface area contributed by atoms with Crippen molar-refractivity contribution < 1.29 is 13.0 Å². The van der Waals surface area contributed by atoms with Crippen LogP contribution in [0.25, 0.3) is 0 Å². The number of nitrogens with zero attached hydrogens (tertiary/aromatic N) is 4. The molecule has 2 aromatic rings. The molecule has 0 spiro atoms. The zero-order valence-corrected chi connectivity index (χ0v) is 20.5. The maximum Gasteiger partial charge on any atom is 0.244 e. The lowest BCUT2D eigenvalue weighted by atomic mass is 10.1. The Balaban J connectivity index is 2.00. The van der Waals surface area contributed by atoms with Crippen molar-refractivity contribution in [3.05, 3.63) is 52.0 Å². The van der Waals surface area contributed by atoms with Crippen molar-refractivity contribution in [2.24, 2.45) is 16.1 Å². The molecule has 0 heterocycles. The summed E-state index contributed by atoms with van der Waals surface area (Å²) in [6.45, 7) is 2.57. The van der Waals surface area contributed by atoms with Gasteiger partial charge in [0.1, 0.15) is 17.1 Å². The van der Waals surface area contributed by atoms with E-state index in [0.29, 0.717) is 16.0 Å². The van der Waals surface area contributed by atoms with Gasteiger partial charge in [-0.3, -0.25) is 4.59 Å². The molecular weight excluding hydrogens is 459 g/mol. The molecule has 0 bridgehead atoms. The molecule has 0 radical (unpaired) electrons. The van der Waals surface area contributed by atoms with Crippen molar-refractivity contribution >= 4 is 44.6 Å². The average molecular weight is 488 g/mol. The van der Waals surface area contributed by atoms with Gasteiger partial charge in [0.2, 0.25) is 10.0 Å². The summed E-state index contributed by atoms with van der Waals surface area (Å²) >= 11 is 12.4. The molecule has 0 aliphatic carbocycles. The SMILES string of the molecule is CN(C)S(=O)(=O)c1cc(Cl)c(N=Nc2ccc(CCNCC[N+](C)(C)N)cc2)cc1Cl. The van der Waals surface area contributed by atoms with E-state index < -0.39 is 10.0 Å². The monoisotopic (exact) mass is 487 g/mol. The Morgan fingerprint density at radius 2 is 1.68 bits per heavy atom. The van der Waals surface area contributed by atoms with Gasteiger partial charge < -0.3 is 5.32 Å². The van der Waals surface area contributed by atoms with Gasteiger partial charge in [0.25, 0.3) is 0 Å². The molecule has 2 aromatic carbocycles. The minimum atomic E-state index is -3.71. The van der Waals surface area contributed by atoms with Crippen LogP contribution >= 0.6 is 23.2 Å². The third kappa shape index (κ3) is 7.80. The number of rotatable bonds is 10. The highest BCUT2D eigenvalue weighted by Gasteiger charge is 2.22. The molecule has 8 nitrogen and oxygen atoms in total. The van der Waals surface area contributed by atoms with Crippen LogP contribution in [0.2, 0.25) is 10.0 Å². The molecule has 170 valence electrons. The van der Waals surface area contributed by atoms with Gasteiger partial charge in [-0.25, -0.2) is 12.7 Å². The average Bonchev–Trinajstić information content (AvgIpc) is 2.68. The lowest BCUT2D eigenvalue weighted by molar-refractivity contribution is -0.901. The standard InChI is InChI=1S/C20H29Cl2N6O2S/c1-27(2)31(29,30)20-14-17(21)19(13-18(20)22)26-25-16-7-5-15(6-8-16)9-10-24-11-12-28(3,4)23/h5-8,13-14,24H,9-12,23H2,1-4H3/q+1. The summed E-state index contributed by atoms with van der Waals surface area (Å²) in [5, 5.41) is 11.8. The molecule has 0 aromatic heterocycles. The van der Waals surface area contributed by atoms with Crippen LogP contribution in [0.15, 0.2) is 51.5 Å². The number of sulfonamides is 1. The first-order valence-electron chi connectivity index (χ1n) is 9.65. The Bertz CT molecular complexity index is 1020. The lowest BCUT2D eigenvalue weighted by Crippen LogP contribution is -2.50. The van der Waals surface area contributed by atoms with Crippen molar-refractivity contribution in [1.29, 1.82) is 0 Å². The molecule has 2 rings (SSSR count). The third-order valence-electron chi connectivity index (χ3n) is 4.42. The molecule has 3 N–H and O–H groups in total. The number of benzene rings is 2. The number of azo groups is 1. The summed E-state index contributed by atoms with van der Waals surface area (Å²) in [5.74, 6) is 5.91. The molecule has 0 unspecified atom stereocenters. The van der Waals surface area contributed by atoms with Gasteiger partial charge in [-0.1, -0.05) is 35.3 Å². The first kappa shape index (κ1) is 25.7. The summed E-state index contributed by atoms with van der Waals surface area (Å²) in [4.78, 5) is -0.0740. The van der Waals surface area contributed by atoms with Crippen molar-refractivity contribution in [3.8, 4) is 0 Å². The van der Waals surface area contributed by atoms with E-state index in [-0.39, 0.29) is 14.9 Å². The number of hydrogen-bond donors (Lipinski definition) is 2. The van der Waals surface area contributed by atoms with Crippen LogP contribution in [0.4, 0.5) is 11.4 Å². The fraction of sp³-hybridized carbons (Fsp3) is 0.400. The van der Waals surface area contributed by atoms with Gasteiger partial charge in [-0.2, -0.15) is 11.0 Å². The maximum absolute atomic E-state index is 12.3. The largest absolute Gasteiger partial charge is 0.311 e. The summed E-state index contributed by atoms with van der Waals surface area (Å²) in [7, 11) is 3.05. The number of quaternary nitrogens is 1. The number of nitrogens with two attached hydrogens (primary N) is 1. The van der Waals surface area contributed by atoms with Crippen LogP contribution in [-0.2, 0) is 16.4 Å². The number of nitrogens with one attached hydrogen (secondary N) is 1. The van der Waals surface area contributed by atoms with Gasteiger partial charge in [0.05, 0.1) is 29.8 Å². The Labute approximate surface area is 194 Å². The van der Waals surface area contributed by atoms with Crippen LogP contribution in [0.1, 0.15) is 5.56 Å². The molecular formula is C20H29Cl2N6O2S+. The first-order valence-corrected chi connectivity index (χ1v) is 11.8. The number of likely N-dealkylation sites (N-methyl/N-ethyl adjacent to an activating group) is 1. The van der Waals surface area contributed by atoms with E-state index in [1.165, 1.54) is 31.8 Å². The second-order valence-corrected chi connectivity index (χ2v) is 10.8. The maximum atomic E-state index is 12.3. The molecule has 0 fully saturated rings. The molecule has 0 saturated heterocycles. The third-order valence-corrected chi connectivity index (χ3v) is 7.01. The molecule has 0 aliphatic heterocycles. The van der Waals surface area contributed by atoms with Crippen molar-refractivity contribution in [1.82, 2.24) is 9.62 Å². The van der Waals surface area contributed by atoms with Gasteiger partial charge in [-0.15, -0.1) is 5.11 Å². The zero-order valence-electron chi connectivity index (χ0n) is 18.1. The smallest absolute Gasteiger partial charge is 0.244 e. The van der Waals surface area contributed by atoms with E-state index in [2.05, 4.69) is 15.5 Å². The molecule has 11 heteroatoms. The van der Waals surface area contributed by atoms with E-state index in [0.717, 1.165) is 30.4 Å². The lowest BCUT2D eigenvalue weighted by Gasteiger charge is -2.22. The van der Waals surface area contributed by atoms with Crippen LogP contribution in [0.5, 0.6) is 0 Å². The summed E-state index contributed by atoms with van der Waals surface area (Å²) in [6, 6.07) is 10.4. The van der Waals surface area contributed by atoms with Gasteiger partial charge in [0.15, 0.2) is 0 Å². The quantitative estimate of drug-likeness (QED) is 0.175. The predicted octanol–water partition coefficient (Wildman–Crippen LogP) is 3.74. The van der Waals surface area contributed by atoms with E-state index in [4.69, 9.17) is 29.0 Å². The van der Waals surface area contributed by atoms with Crippen molar-refractivity contribution in [3.63, 3.8) is 0 Å². The van der Waals surface area contributed by atoms with E-state index in [1.807, 2.05) is 38.4 Å². The van der Waals surface area contributed by atoms with Gasteiger partial charge >= 0.3 is 0 Å². The van der Waals surface area contributed by atoms with Gasteiger partial charge in [-0.05, 0) is 42.8 Å². The van der Waals surface area contributed by atoms with Crippen molar-refractivity contribution in [2.75, 3.05) is 47.8 Å². The Morgan fingerprint density at radius 3 is 2.26 bits per heavy atom. The molecule has 0 saturated carbocycles. The molecule has 31 heavy (non-hydrogen) atoms. The predicted molar refractivity (Wildman–Crippen MR) is 126 cm³/mol. The Kier molecular flexibility index (Phi) is 8.96. The fourth-order valence-corrected chi connectivity index (χ4v) is 4.24. The van der Waals surface area contributed by atoms with E-state index >= 15 is 0 Å². The van der Waals surface area contributed by atoms with Gasteiger partial charge in [0, 0.05) is 20.6 Å². The Morgan fingerprint density at radius 1 is 1.03 bits per heavy atom. The van der Waals surface area contributed by atoms with Crippen LogP contribution < -0.4 is 11.2 Å². The normalized spacial score (nSPS) is 12.8. The summed E-state index contributed by atoms with van der Waals surface area (Å²) < 4.78 is 26.1. The highest BCUT2D eigenvalue weighted by molar-refractivity contribution is 7.89. The minimum Gasteiger partial charge on any atom is -0.311 e. The summed E-state index contributed by atoms with van der Waals surface area (Å²) in [6.07, 6.45) is 0.888. The minimum absolute atomic E-state index is 0.0340. The second-order valence-electron chi connectivity index (χ2n) is 7.89. The van der Waals surface area contributed by atoms with Crippen molar-refractivity contribution in [2.45, 2.75) is 11.3 Å². The zero-order chi connectivity index (χ0) is 23.2. The van der Waals surface area contributed by atoms with E-state index in [9.17, 15) is 8.42 Å². The first-order chi connectivity index (χ1) is 14.4. The Hall–Kier alpha value is -1.59. The fourth-order valence-electron chi connectivity index (χ4n) is 2.55. The number of hydrogen-bond acceptors (Lipinski definition) is 6. The summed E-state index contributed by atoms with van der Waals surface area (Å²) in [5.41, 5.74) is 2.11. The number of halogens is 2. The van der Waals surface area contributed by atoms with Crippen LogP contribution in [-0.4, -0.2) is 65.1 Å². The highest BCUT2D eigenvalue weighted by Crippen LogP contribution is 2.35. The molecule has 0 aliphatic rings. The van der Waals surface area contributed by atoms with Crippen LogP contribution in [0.3, 0.4) is 0 Å². The molecule has 0 atom stereocenters.